The van der Waals surface area contributed by atoms with E-state index in [2.05, 4.69) is 15.6 Å². The number of carbonyl (C=O) groups is 1. The largest absolute Gasteiger partial charge is 0.325 e. The molecule has 1 heterocycles. The van der Waals surface area contributed by atoms with E-state index in [-0.39, 0.29) is 6.03 Å². The fraction of sp³-hybridized carbons (Fsp3) is 0.231. The standard InChI is InChI=1S/C13H15N3OS/c1-8-5-4-6-11(10(8)3)15-12(17)16-13-14-9(2)7-18-13/h4-7H,1-3H3,(H2,14,15,16,17). The molecule has 0 bridgehead atoms. The molecule has 1 aromatic heterocycles. The highest BCUT2D eigenvalue weighted by atomic mass is 32.1. The summed E-state index contributed by atoms with van der Waals surface area (Å²) < 4.78 is 0. The van der Waals surface area contributed by atoms with E-state index in [1.807, 2.05) is 44.4 Å². The van der Waals surface area contributed by atoms with Crippen LogP contribution < -0.4 is 10.6 Å². The third-order valence-corrected chi connectivity index (χ3v) is 3.57. The number of hydrogen-bond donors (Lipinski definition) is 2. The molecule has 5 heteroatoms. The summed E-state index contributed by atoms with van der Waals surface area (Å²) in [4.78, 5) is 16.0. The minimum atomic E-state index is -0.266. The first-order chi connectivity index (χ1) is 8.56. The second-order valence-electron chi connectivity index (χ2n) is 4.12. The van der Waals surface area contributed by atoms with E-state index in [0.29, 0.717) is 5.13 Å². The quantitative estimate of drug-likeness (QED) is 0.865. The summed E-state index contributed by atoms with van der Waals surface area (Å²) in [6.45, 7) is 5.89. The van der Waals surface area contributed by atoms with Crippen LogP contribution in [0.3, 0.4) is 0 Å². The molecule has 0 aliphatic carbocycles. The van der Waals surface area contributed by atoms with Gasteiger partial charge in [-0.25, -0.2) is 9.78 Å². The van der Waals surface area contributed by atoms with Crippen LogP contribution in [0.15, 0.2) is 23.6 Å². The molecule has 0 atom stereocenters. The summed E-state index contributed by atoms with van der Waals surface area (Å²) in [5, 5.41) is 8.04. The van der Waals surface area contributed by atoms with Gasteiger partial charge in [0.2, 0.25) is 0 Å². The summed E-state index contributed by atoms with van der Waals surface area (Å²) >= 11 is 1.41. The molecule has 2 N–H and O–H groups in total. The second kappa shape index (κ2) is 5.18. The zero-order valence-corrected chi connectivity index (χ0v) is 11.4. The third kappa shape index (κ3) is 2.87. The van der Waals surface area contributed by atoms with Gasteiger partial charge in [0.25, 0.3) is 0 Å². The van der Waals surface area contributed by atoms with E-state index in [1.54, 1.807) is 0 Å². The van der Waals surface area contributed by atoms with Gasteiger partial charge in [0, 0.05) is 11.1 Å². The SMILES string of the molecule is Cc1csc(NC(=O)Nc2cccc(C)c2C)n1. The van der Waals surface area contributed by atoms with E-state index in [0.717, 1.165) is 22.5 Å². The van der Waals surface area contributed by atoms with Crippen molar-refractivity contribution in [2.45, 2.75) is 20.8 Å². The predicted molar refractivity (Wildman–Crippen MR) is 75.4 cm³/mol. The molecule has 1 aromatic carbocycles. The van der Waals surface area contributed by atoms with E-state index in [1.165, 1.54) is 11.3 Å². The number of urea groups is 1. The van der Waals surface area contributed by atoms with E-state index < -0.39 is 0 Å². The Hall–Kier alpha value is -1.88. The average molecular weight is 261 g/mol. The van der Waals surface area contributed by atoms with Crippen molar-refractivity contribution in [2.24, 2.45) is 0 Å². The molecule has 0 radical (unpaired) electrons. The highest BCUT2D eigenvalue weighted by molar-refractivity contribution is 7.13. The summed E-state index contributed by atoms with van der Waals surface area (Å²) in [5.41, 5.74) is 3.95. The normalized spacial score (nSPS) is 10.2. The molecule has 0 saturated carbocycles. The molecule has 0 unspecified atom stereocenters. The van der Waals surface area contributed by atoms with Gasteiger partial charge in [0.1, 0.15) is 0 Å². The van der Waals surface area contributed by atoms with Gasteiger partial charge in [-0.05, 0) is 38.0 Å². The van der Waals surface area contributed by atoms with Crippen LogP contribution in [-0.4, -0.2) is 11.0 Å². The first-order valence-electron chi connectivity index (χ1n) is 5.62. The Bertz CT molecular complexity index is 577. The third-order valence-electron chi connectivity index (χ3n) is 2.69. The number of amides is 2. The van der Waals surface area contributed by atoms with Crippen LogP contribution >= 0.6 is 11.3 Å². The zero-order chi connectivity index (χ0) is 13.1. The first kappa shape index (κ1) is 12.6. The number of rotatable bonds is 2. The lowest BCUT2D eigenvalue weighted by Gasteiger charge is -2.10. The van der Waals surface area contributed by atoms with Crippen molar-refractivity contribution in [3.05, 3.63) is 40.4 Å². The van der Waals surface area contributed by atoms with Gasteiger partial charge in [-0.1, -0.05) is 12.1 Å². The van der Waals surface area contributed by atoms with Gasteiger partial charge in [-0.3, -0.25) is 5.32 Å². The number of hydrogen-bond acceptors (Lipinski definition) is 3. The smallest absolute Gasteiger partial charge is 0.307 e. The van der Waals surface area contributed by atoms with Gasteiger partial charge in [0.15, 0.2) is 5.13 Å². The van der Waals surface area contributed by atoms with Crippen LogP contribution in [0.5, 0.6) is 0 Å². The van der Waals surface area contributed by atoms with Gasteiger partial charge in [-0.2, -0.15) is 0 Å². The van der Waals surface area contributed by atoms with Gasteiger partial charge >= 0.3 is 6.03 Å². The van der Waals surface area contributed by atoms with Gasteiger partial charge in [0.05, 0.1) is 5.69 Å². The van der Waals surface area contributed by atoms with E-state index in [4.69, 9.17) is 0 Å². The number of anilines is 2. The number of aromatic nitrogens is 1. The van der Waals surface area contributed by atoms with Crippen molar-refractivity contribution in [2.75, 3.05) is 10.6 Å². The fourth-order valence-electron chi connectivity index (χ4n) is 1.55. The number of carbonyl (C=O) groups excluding carboxylic acids is 1. The second-order valence-corrected chi connectivity index (χ2v) is 4.98. The molecule has 0 aliphatic rings. The number of aryl methyl sites for hydroxylation is 2. The van der Waals surface area contributed by atoms with Crippen LogP contribution in [0.25, 0.3) is 0 Å². The Morgan fingerprint density at radius 2 is 2.00 bits per heavy atom. The zero-order valence-electron chi connectivity index (χ0n) is 10.6. The Kier molecular flexibility index (Phi) is 3.62. The van der Waals surface area contributed by atoms with Crippen LogP contribution in [-0.2, 0) is 0 Å². The maximum absolute atomic E-state index is 11.8. The topological polar surface area (TPSA) is 54.0 Å². The van der Waals surface area contributed by atoms with E-state index in [9.17, 15) is 4.79 Å². The molecule has 0 saturated heterocycles. The highest BCUT2D eigenvalue weighted by Gasteiger charge is 2.07. The minimum Gasteiger partial charge on any atom is -0.307 e. The number of benzene rings is 1. The number of nitrogens with zero attached hydrogens (tertiary/aromatic N) is 1. The summed E-state index contributed by atoms with van der Waals surface area (Å²) in [5.74, 6) is 0. The molecular formula is C13H15N3OS. The fourth-order valence-corrected chi connectivity index (χ4v) is 2.23. The van der Waals surface area contributed by atoms with Gasteiger partial charge < -0.3 is 5.32 Å². The summed E-state index contributed by atoms with van der Waals surface area (Å²) in [6, 6.07) is 5.56. The van der Waals surface area contributed by atoms with Gasteiger partial charge in [-0.15, -0.1) is 11.3 Å². The van der Waals surface area contributed by atoms with Crippen molar-refractivity contribution in [3.63, 3.8) is 0 Å². The monoisotopic (exact) mass is 261 g/mol. The Morgan fingerprint density at radius 1 is 1.22 bits per heavy atom. The minimum absolute atomic E-state index is 0.266. The van der Waals surface area contributed by atoms with Crippen LogP contribution in [0.4, 0.5) is 15.6 Å². The predicted octanol–water partition coefficient (Wildman–Crippen LogP) is 3.71. The molecule has 4 nitrogen and oxygen atoms in total. The first-order valence-corrected chi connectivity index (χ1v) is 6.50. The lowest BCUT2D eigenvalue weighted by molar-refractivity contribution is 0.262. The lowest BCUT2D eigenvalue weighted by Crippen LogP contribution is -2.20. The Morgan fingerprint density at radius 3 is 2.67 bits per heavy atom. The molecular weight excluding hydrogens is 246 g/mol. The lowest BCUT2D eigenvalue weighted by atomic mass is 10.1. The Balaban J connectivity index is 2.05. The molecule has 2 aromatic rings. The molecule has 0 aliphatic heterocycles. The molecule has 0 fully saturated rings. The van der Waals surface area contributed by atoms with Crippen molar-refractivity contribution in [1.82, 2.24) is 4.98 Å². The van der Waals surface area contributed by atoms with Crippen LogP contribution in [0.1, 0.15) is 16.8 Å². The van der Waals surface area contributed by atoms with Crippen molar-refractivity contribution < 1.29 is 4.79 Å². The van der Waals surface area contributed by atoms with Crippen molar-refractivity contribution >= 4 is 28.2 Å². The van der Waals surface area contributed by atoms with Crippen LogP contribution in [0, 0.1) is 20.8 Å². The maximum Gasteiger partial charge on any atom is 0.325 e. The molecule has 2 rings (SSSR count). The van der Waals surface area contributed by atoms with E-state index >= 15 is 0 Å². The van der Waals surface area contributed by atoms with Crippen molar-refractivity contribution in [3.8, 4) is 0 Å². The molecule has 94 valence electrons. The molecule has 0 spiro atoms. The molecule has 2 amide bonds. The van der Waals surface area contributed by atoms with Crippen LogP contribution in [0.2, 0.25) is 0 Å². The average Bonchev–Trinajstić information content (AvgIpc) is 2.70. The summed E-state index contributed by atoms with van der Waals surface area (Å²) in [7, 11) is 0. The summed E-state index contributed by atoms with van der Waals surface area (Å²) in [6.07, 6.45) is 0. The number of thiazole rings is 1. The highest BCUT2D eigenvalue weighted by Crippen LogP contribution is 2.19. The Labute approximate surface area is 110 Å². The number of nitrogens with one attached hydrogen (secondary N) is 2. The van der Waals surface area contributed by atoms with Crippen molar-refractivity contribution in [1.29, 1.82) is 0 Å². The maximum atomic E-state index is 11.8. The molecule has 18 heavy (non-hydrogen) atoms.